The Hall–Kier alpha value is -3.16. The third-order valence-corrected chi connectivity index (χ3v) is 5.64. The summed E-state index contributed by atoms with van der Waals surface area (Å²) in [5, 5.41) is 0. The lowest BCUT2D eigenvalue weighted by molar-refractivity contribution is -0.00618. The van der Waals surface area contributed by atoms with Crippen LogP contribution in [-0.2, 0) is 45.3 Å². The van der Waals surface area contributed by atoms with Gasteiger partial charge in [0.15, 0.2) is 0 Å². The highest BCUT2D eigenvalue weighted by Crippen LogP contribution is 2.09. The third-order valence-electron chi connectivity index (χ3n) is 5.64. The van der Waals surface area contributed by atoms with Crippen LogP contribution in [0.3, 0.4) is 0 Å². The van der Waals surface area contributed by atoms with Crippen molar-refractivity contribution in [2.75, 3.05) is 39.6 Å². The van der Waals surface area contributed by atoms with E-state index in [4.69, 9.17) is 18.9 Å². The van der Waals surface area contributed by atoms with Crippen molar-refractivity contribution < 1.29 is 18.9 Å². The smallest absolute Gasteiger partial charge is 0.0718 e. The molecule has 0 saturated heterocycles. The quantitative estimate of drug-likeness (QED) is 0.448. The average molecular weight is 487 g/mol. The fourth-order valence-corrected chi connectivity index (χ4v) is 3.65. The van der Waals surface area contributed by atoms with Crippen LogP contribution in [0.1, 0.15) is 33.4 Å². The van der Waals surface area contributed by atoms with Gasteiger partial charge in [0.05, 0.1) is 65.9 Å². The maximum Gasteiger partial charge on any atom is 0.0718 e. The van der Waals surface area contributed by atoms with Crippen LogP contribution in [0.4, 0.5) is 0 Å². The molecule has 6 nitrogen and oxygen atoms in total. The topological polar surface area (TPSA) is 61.6 Å². The Balaban J connectivity index is 1.36. The van der Waals surface area contributed by atoms with Gasteiger partial charge in [0.25, 0.3) is 0 Å². The van der Waals surface area contributed by atoms with Gasteiger partial charge in [-0.15, -0.1) is 0 Å². The van der Waals surface area contributed by atoms with Gasteiger partial charge in [-0.3, -0.25) is 9.98 Å². The van der Waals surface area contributed by atoms with E-state index in [0.717, 1.165) is 33.4 Å². The van der Waals surface area contributed by atoms with Crippen molar-refractivity contribution in [3.05, 3.63) is 106 Å². The van der Waals surface area contributed by atoms with Crippen LogP contribution in [0, 0.1) is 0 Å². The highest BCUT2D eigenvalue weighted by molar-refractivity contribution is 5.86. The van der Waals surface area contributed by atoms with Crippen LogP contribution < -0.4 is 0 Å². The number of ether oxygens (including phenoxy) is 4. The minimum Gasteiger partial charge on any atom is -0.377 e. The van der Waals surface area contributed by atoms with Gasteiger partial charge < -0.3 is 18.9 Å². The van der Waals surface area contributed by atoms with Crippen LogP contribution >= 0.6 is 0 Å². The molecule has 6 heteroatoms. The Bertz CT molecular complexity index is 1010. The summed E-state index contributed by atoms with van der Waals surface area (Å²) in [6.45, 7) is 5.71. The molecule has 188 valence electrons. The summed E-state index contributed by atoms with van der Waals surface area (Å²) in [6.07, 6.45) is 3.83. The van der Waals surface area contributed by atoms with E-state index in [1.807, 2.05) is 18.5 Å². The zero-order valence-electron chi connectivity index (χ0n) is 20.7. The van der Waals surface area contributed by atoms with Crippen LogP contribution in [0.25, 0.3) is 0 Å². The summed E-state index contributed by atoms with van der Waals surface area (Å²) in [6, 6.07) is 25.0. The van der Waals surface area contributed by atoms with Crippen LogP contribution in [0.15, 0.2) is 82.8 Å². The molecule has 0 fully saturated rings. The molecule has 6 bridgehead atoms. The summed E-state index contributed by atoms with van der Waals surface area (Å²) in [5.41, 5.74) is 6.72. The molecule has 0 saturated carbocycles. The average Bonchev–Trinajstić information content (AvgIpc) is 2.91. The molecule has 3 aromatic carbocycles. The van der Waals surface area contributed by atoms with Crippen molar-refractivity contribution in [1.82, 2.24) is 0 Å². The summed E-state index contributed by atoms with van der Waals surface area (Å²) in [7, 11) is 0. The Morgan fingerprint density at radius 2 is 0.833 bits per heavy atom. The third kappa shape index (κ3) is 9.47. The van der Waals surface area contributed by atoms with Crippen molar-refractivity contribution in [1.29, 1.82) is 0 Å². The van der Waals surface area contributed by atoms with E-state index in [2.05, 4.69) is 76.7 Å². The van der Waals surface area contributed by atoms with Crippen molar-refractivity contribution in [2.45, 2.75) is 26.3 Å². The Morgan fingerprint density at radius 3 is 1.28 bits per heavy atom. The second kappa shape index (κ2) is 15.1. The zero-order valence-corrected chi connectivity index (χ0v) is 20.7. The maximum atomic E-state index is 5.71. The van der Waals surface area contributed by atoms with Crippen LogP contribution in [-0.4, -0.2) is 52.1 Å². The van der Waals surface area contributed by atoms with E-state index < -0.39 is 0 Å². The molecule has 36 heavy (non-hydrogen) atoms. The molecule has 0 amide bonds. The summed E-state index contributed by atoms with van der Waals surface area (Å²) in [5.74, 6) is 0. The zero-order chi connectivity index (χ0) is 24.7. The second-order valence-corrected chi connectivity index (χ2v) is 8.57. The normalized spacial score (nSPS) is 16.8. The molecule has 0 radical (unpaired) electrons. The van der Waals surface area contributed by atoms with Crippen molar-refractivity contribution in [3.63, 3.8) is 0 Å². The Morgan fingerprint density at radius 1 is 0.444 bits per heavy atom. The van der Waals surface area contributed by atoms with Gasteiger partial charge in [-0.05, 0) is 39.4 Å². The summed E-state index contributed by atoms with van der Waals surface area (Å²) < 4.78 is 22.5. The molecule has 0 aliphatic carbocycles. The first-order valence-electron chi connectivity index (χ1n) is 12.4. The van der Waals surface area contributed by atoms with Gasteiger partial charge >= 0.3 is 0 Å². The van der Waals surface area contributed by atoms with E-state index in [1.54, 1.807) is 0 Å². The summed E-state index contributed by atoms with van der Waals surface area (Å²) >= 11 is 0. The molecule has 0 unspecified atom stereocenters. The lowest BCUT2D eigenvalue weighted by Gasteiger charge is -2.08. The number of aliphatic imine (C=N–C) groups is 2. The van der Waals surface area contributed by atoms with E-state index >= 15 is 0 Å². The monoisotopic (exact) mass is 486 g/mol. The first-order chi connectivity index (χ1) is 17.8. The fraction of sp³-hybridized carbons (Fsp3) is 0.333. The molecule has 7 rings (SSSR count). The minimum atomic E-state index is 0.548. The van der Waals surface area contributed by atoms with Crippen molar-refractivity contribution in [2.24, 2.45) is 9.98 Å². The van der Waals surface area contributed by atoms with Gasteiger partial charge in [0.1, 0.15) is 0 Å². The Labute approximate surface area is 213 Å². The molecular formula is C30H34N2O4. The standard InChI is InChI=1S/C30H34N2O4/c1-2-29-18-30(3-1)22-32-20-26-6-10-28(11-7-26)24-36-17-15-34-13-12-33-14-16-35-23-27-8-4-25(5-9-27)19-31-21-29/h1-11,18,21-22H,12-17,19-20,23-24H2. The molecule has 3 aromatic rings. The maximum absolute atomic E-state index is 5.71. The van der Waals surface area contributed by atoms with E-state index in [1.165, 1.54) is 0 Å². The van der Waals surface area contributed by atoms with Gasteiger partial charge in [-0.2, -0.15) is 0 Å². The molecule has 4 aliphatic rings. The minimum absolute atomic E-state index is 0.548. The molecule has 0 spiro atoms. The van der Waals surface area contributed by atoms with Gasteiger partial charge in [0, 0.05) is 12.4 Å². The lowest BCUT2D eigenvalue weighted by atomic mass is 10.1. The highest BCUT2D eigenvalue weighted by atomic mass is 16.6. The number of hydrogen-bond donors (Lipinski definition) is 0. The van der Waals surface area contributed by atoms with Crippen LogP contribution in [0.2, 0.25) is 0 Å². The summed E-state index contributed by atoms with van der Waals surface area (Å²) in [4.78, 5) is 9.22. The fourth-order valence-electron chi connectivity index (χ4n) is 3.65. The predicted molar refractivity (Wildman–Crippen MR) is 143 cm³/mol. The lowest BCUT2D eigenvalue weighted by Crippen LogP contribution is -2.11. The molecule has 0 atom stereocenters. The number of hydrogen-bond acceptors (Lipinski definition) is 6. The molecular weight excluding hydrogens is 452 g/mol. The van der Waals surface area contributed by atoms with Crippen LogP contribution in [0.5, 0.6) is 0 Å². The first kappa shape index (κ1) is 25.9. The molecule has 0 aromatic heterocycles. The van der Waals surface area contributed by atoms with Gasteiger partial charge in [-0.1, -0.05) is 66.7 Å². The number of nitrogens with zero attached hydrogens (tertiary/aromatic N) is 2. The largest absolute Gasteiger partial charge is 0.377 e. The predicted octanol–water partition coefficient (Wildman–Crippen LogP) is 5.00. The van der Waals surface area contributed by atoms with Gasteiger partial charge in [0.2, 0.25) is 0 Å². The Kier molecular flexibility index (Phi) is 10.8. The van der Waals surface area contributed by atoms with E-state index in [9.17, 15) is 0 Å². The molecule has 4 aliphatic heterocycles. The van der Waals surface area contributed by atoms with E-state index in [0.29, 0.717) is 65.9 Å². The second-order valence-electron chi connectivity index (χ2n) is 8.57. The SMILES string of the molecule is C1=NCc2ccc(cc2)COCCOCCOCCOCc2ccc(cc2)CN=Cc2cccc1c2. The highest BCUT2D eigenvalue weighted by Gasteiger charge is 1.99. The van der Waals surface area contributed by atoms with E-state index in [-0.39, 0.29) is 0 Å². The molecule has 4 heterocycles. The first-order valence-corrected chi connectivity index (χ1v) is 12.4. The number of benzene rings is 3. The van der Waals surface area contributed by atoms with Gasteiger partial charge in [-0.25, -0.2) is 0 Å². The van der Waals surface area contributed by atoms with Crippen molar-refractivity contribution in [3.8, 4) is 0 Å². The number of rotatable bonds is 0. The van der Waals surface area contributed by atoms with Crippen molar-refractivity contribution >= 4 is 12.4 Å². The molecule has 0 N–H and O–H groups in total.